The Labute approximate surface area is 154 Å². The predicted molar refractivity (Wildman–Crippen MR) is 103 cm³/mol. The molecule has 1 saturated heterocycles. The van der Waals surface area contributed by atoms with Crippen molar-refractivity contribution >= 4 is 11.7 Å². The summed E-state index contributed by atoms with van der Waals surface area (Å²) in [7, 11) is 1.71. The number of aromatic nitrogens is 1. The van der Waals surface area contributed by atoms with Crippen molar-refractivity contribution in [1.82, 2.24) is 14.8 Å². The minimum atomic E-state index is 0.0922. The van der Waals surface area contributed by atoms with Crippen LogP contribution >= 0.6 is 0 Å². The lowest BCUT2D eigenvalue weighted by molar-refractivity contribution is 0.0594. The summed E-state index contributed by atoms with van der Waals surface area (Å²) < 4.78 is 5.12. The summed E-state index contributed by atoms with van der Waals surface area (Å²) in [5.41, 5.74) is 9.48. The second kappa shape index (κ2) is 8.29. The standard InChI is InChI=1S/C20H26N4O2/c1-15-13-18(14-22-19(15)21)16-3-5-17(6-4-16)20(25)24-9-7-23(8-10-24)11-12-26-2/h3-6,13-14H,7-12H2,1-2H3,(H2,21,22). The molecule has 0 bridgehead atoms. The van der Waals surface area contributed by atoms with Crippen molar-refractivity contribution < 1.29 is 9.53 Å². The minimum Gasteiger partial charge on any atom is -0.383 e. The molecule has 0 spiro atoms. The number of nitrogen functional groups attached to an aromatic ring is 1. The van der Waals surface area contributed by atoms with Crippen LogP contribution in [0.1, 0.15) is 15.9 Å². The van der Waals surface area contributed by atoms with Gasteiger partial charge in [0.25, 0.3) is 5.91 Å². The van der Waals surface area contributed by atoms with Crippen molar-refractivity contribution in [2.24, 2.45) is 0 Å². The minimum absolute atomic E-state index is 0.0922. The highest BCUT2D eigenvalue weighted by Crippen LogP contribution is 2.22. The van der Waals surface area contributed by atoms with Gasteiger partial charge in [0.1, 0.15) is 5.82 Å². The molecule has 1 amide bonds. The molecule has 0 aliphatic carbocycles. The zero-order valence-electron chi connectivity index (χ0n) is 15.4. The summed E-state index contributed by atoms with van der Waals surface area (Å²) in [6.45, 7) is 6.89. The Balaban J connectivity index is 1.63. The van der Waals surface area contributed by atoms with Gasteiger partial charge in [0.2, 0.25) is 0 Å². The predicted octanol–water partition coefficient (Wildman–Crippen LogP) is 2.04. The Morgan fingerprint density at radius 1 is 1.15 bits per heavy atom. The summed E-state index contributed by atoms with van der Waals surface area (Å²) in [6.07, 6.45) is 1.76. The average Bonchev–Trinajstić information content (AvgIpc) is 2.68. The first-order valence-electron chi connectivity index (χ1n) is 8.91. The maximum atomic E-state index is 12.7. The van der Waals surface area contributed by atoms with Crippen LogP contribution in [-0.4, -0.2) is 67.1 Å². The maximum Gasteiger partial charge on any atom is 0.253 e. The molecular weight excluding hydrogens is 328 g/mol. The molecular formula is C20H26N4O2. The van der Waals surface area contributed by atoms with Gasteiger partial charge in [0.05, 0.1) is 6.61 Å². The molecule has 1 aromatic carbocycles. The lowest BCUT2D eigenvalue weighted by Crippen LogP contribution is -2.49. The fourth-order valence-corrected chi connectivity index (χ4v) is 3.13. The molecule has 0 atom stereocenters. The van der Waals surface area contributed by atoms with Gasteiger partial charge in [0, 0.05) is 57.2 Å². The van der Waals surface area contributed by atoms with Crippen molar-refractivity contribution in [2.75, 3.05) is 52.2 Å². The largest absolute Gasteiger partial charge is 0.383 e. The first-order chi connectivity index (χ1) is 12.6. The van der Waals surface area contributed by atoms with Gasteiger partial charge in [-0.3, -0.25) is 9.69 Å². The van der Waals surface area contributed by atoms with Crippen LogP contribution in [0, 0.1) is 6.92 Å². The van der Waals surface area contributed by atoms with E-state index < -0.39 is 0 Å². The van der Waals surface area contributed by atoms with E-state index in [0.717, 1.165) is 61.6 Å². The zero-order chi connectivity index (χ0) is 18.5. The summed E-state index contributed by atoms with van der Waals surface area (Å²) in [5.74, 6) is 0.639. The van der Waals surface area contributed by atoms with E-state index in [0.29, 0.717) is 5.82 Å². The molecule has 2 N–H and O–H groups in total. The summed E-state index contributed by atoms with van der Waals surface area (Å²) in [5, 5.41) is 0. The number of amides is 1. The number of hydrogen-bond donors (Lipinski definition) is 1. The van der Waals surface area contributed by atoms with Gasteiger partial charge in [-0.15, -0.1) is 0 Å². The number of ether oxygens (including phenoxy) is 1. The number of hydrogen-bond acceptors (Lipinski definition) is 5. The lowest BCUT2D eigenvalue weighted by Gasteiger charge is -2.34. The van der Waals surface area contributed by atoms with Gasteiger partial charge in [-0.1, -0.05) is 12.1 Å². The SMILES string of the molecule is COCCN1CCN(C(=O)c2ccc(-c3cnc(N)c(C)c3)cc2)CC1. The number of nitrogens with two attached hydrogens (primary N) is 1. The van der Waals surface area contributed by atoms with Crippen LogP contribution in [-0.2, 0) is 4.74 Å². The van der Waals surface area contributed by atoms with Gasteiger partial charge in [0.15, 0.2) is 0 Å². The smallest absolute Gasteiger partial charge is 0.253 e. The number of aryl methyl sites for hydroxylation is 1. The van der Waals surface area contributed by atoms with E-state index in [1.54, 1.807) is 13.3 Å². The normalized spacial score (nSPS) is 15.2. The van der Waals surface area contributed by atoms with Gasteiger partial charge in [-0.2, -0.15) is 0 Å². The molecule has 26 heavy (non-hydrogen) atoms. The number of pyridine rings is 1. The van der Waals surface area contributed by atoms with E-state index in [2.05, 4.69) is 9.88 Å². The van der Waals surface area contributed by atoms with E-state index in [-0.39, 0.29) is 5.91 Å². The first kappa shape index (κ1) is 18.4. The number of anilines is 1. The van der Waals surface area contributed by atoms with Gasteiger partial charge < -0.3 is 15.4 Å². The summed E-state index contributed by atoms with van der Waals surface area (Å²) in [4.78, 5) is 21.2. The van der Waals surface area contributed by atoms with Crippen molar-refractivity contribution in [3.63, 3.8) is 0 Å². The molecule has 138 valence electrons. The number of piperazine rings is 1. The van der Waals surface area contributed by atoms with E-state index in [1.165, 1.54) is 0 Å². The molecule has 6 heteroatoms. The maximum absolute atomic E-state index is 12.7. The topological polar surface area (TPSA) is 71.7 Å². The van der Waals surface area contributed by atoms with Crippen molar-refractivity contribution in [2.45, 2.75) is 6.92 Å². The summed E-state index contributed by atoms with van der Waals surface area (Å²) in [6, 6.07) is 9.73. The molecule has 1 fully saturated rings. The van der Waals surface area contributed by atoms with Crippen LogP contribution < -0.4 is 5.73 Å². The molecule has 1 aliphatic heterocycles. The second-order valence-corrected chi connectivity index (χ2v) is 6.63. The number of carbonyl (C=O) groups excluding carboxylic acids is 1. The fraction of sp³-hybridized carbons (Fsp3) is 0.400. The van der Waals surface area contributed by atoms with E-state index in [9.17, 15) is 4.79 Å². The highest BCUT2D eigenvalue weighted by molar-refractivity contribution is 5.94. The Hall–Kier alpha value is -2.44. The molecule has 1 aliphatic rings. The van der Waals surface area contributed by atoms with Crippen molar-refractivity contribution in [3.8, 4) is 11.1 Å². The van der Waals surface area contributed by atoms with Crippen LogP contribution in [0.25, 0.3) is 11.1 Å². The fourth-order valence-electron chi connectivity index (χ4n) is 3.13. The molecule has 1 aromatic heterocycles. The molecule has 3 rings (SSSR count). The van der Waals surface area contributed by atoms with E-state index in [1.807, 2.05) is 42.2 Å². The van der Waals surface area contributed by atoms with Crippen LogP contribution in [0.2, 0.25) is 0 Å². The monoisotopic (exact) mass is 354 g/mol. The Morgan fingerprint density at radius 2 is 1.85 bits per heavy atom. The van der Waals surface area contributed by atoms with Crippen LogP contribution in [0.5, 0.6) is 0 Å². The van der Waals surface area contributed by atoms with Crippen LogP contribution in [0.3, 0.4) is 0 Å². The van der Waals surface area contributed by atoms with Crippen LogP contribution in [0.15, 0.2) is 36.5 Å². The number of benzene rings is 1. The Morgan fingerprint density at radius 3 is 2.46 bits per heavy atom. The molecule has 0 radical (unpaired) electrons. The van der Waals surface area contributed by atoms with Gasteiger partial charge in [-0.25, -0.2) is 4.98 Å². The van der Waals surface area contributed by atoms with Crippen molar-refractivity contribution in [3.05, 3.63) is 47.7 Å². The lowest BCUT2D eigenvalue weighted by atomic mass is 10.0. The third kappa shape index (κ3) is 4.20. The third-order valence-corrected chi connectivity index (χ3v) is 4.86. The molecule has 2 heterocycles. The third-order valence-electron chi connectivity index (χ3n) is 4.86. The average molecular weight is 354 g/mol. The second-order valence-electron chi connectivity index (χ2n) is 6.63. The number of nitrogens with zero attached hydrogens (tertiary/aromatic N) is 3. The summed E-state index contributed by atoms with van der Waals surface area (Å²) >= 11 is 0. The first-order valence-corrected chi connectivity index (χ1v) is 8.91. The zero-order valence-corrected chi connectivity index (χ0v) is 15.4. The number of methoxy groups -OCH3 is 1. The quantitative estimate of drug-likeness (QED) is 0.890. The molecule has 0 unspecified atom stereocenters. The number of carbonyl (C=O) groups is 1. The van der Waals surface area contributed by atoms with Gasteiger partial charge in [-0.05, 0) is 36.2 Å². The highest BCUT2D eigenvalue weighted by Gasteiger charge is 2.21. The molecule has 2 aromatic rings. The van der Waals surface area contributed by atoms with Crippen molar-refractivity contribution in [1.29, 1.82) is 0 Å². The highest BCUT2D eigenvalue weighted by atomic mass is 16.5. The Kier molecular flexibility index (Phi) is 5.85. The van der Waals surface area contributed by atoms with E-state index in [4.69, 9.17) is 10.5 Å². The van der Waals surface area contributed by atoms with Crippen LogP contribution in [0.4, 0.5) is 5.82 Å². The molecule has 0 saturated carbocycles. The Bertz CT molecular complexity index is 753. The number of rotatable bonds is 5. The van der Waals surface area contributed by atoms with Gasteiger partial charge >= 0.3 is 0 Å². The molecule has 6 nitrogen and oxygen atoms in total. The van der Waals surface area contributed by atoms with E-state index >= 15 is 0 Å².